The monoisotopic (exact) mass is 432 g/mol. The van der Waals surface area contributed by atoms with Gasteiger partial charge in [0.1, 0.15) is 11.5 Å². The topological polar surface area (TPSA) is 40.5 Å². The SMILES string of the molecule is Oc1ccccc1.Oc1ccccc1.c1ccc2c(c1)Cc1ccccc1-2.c1ccccc1. The Bertz CT molecular complexity index is 1080. The first-order valence-electron chi connectivity index (χ1n) is 10.9. The van der Waals surface area contributed by atoms with Crippen LogP contribution >= 0.6 is 0 Å². The summed E-state index contributed by atoms with van der Waals surface area (Å²) in [5, 5.41) is 17.3. The molecule has 1 aliphatic carbocycles. The number of hydrogen-bond acceptors (Lipinski definition) is 2. The smallest absolute Gasteiger partial charge is 0.115 e. The quantitative estimate of drug-likeness (QED) is 0.258. The standard InChI is InChI=1S/C13H10.2C6H6O.C6H6/c1-3-7-12-10(5-1)9-11-6-2-4-8-13(11)12;2*7-6-4-2-1-3-5-6;1-2-4-6-5-3-1/h1-8H,9H2;2*1-5,7H;1-6H. The Morgan fingerprint density at radius 1 is 0.333 bits per heavy atom. The number of rotatable bonds is 0. The van der Waals surface area contributed by atoms with Crippen molar-refractivity contribution in [2.24, 2.45) is 0 Å². The highest BCUT2D eigenvalue weighted by atomic mass is 16.3. The molecule has 0 saturated carbocycles. The number of phenolic OH excluding ortho intramolecular Hbond substituents is 2. The van der Waals surface area contributed by atoms with Gasteiger partial charge < -0.3 is 10.2 Å². The molecule has 0 atom stereocenters. The molecule has 0 spiro atoms. The van der Waals surface area contributed by atoms with Gasteiger partial charge in [-0.15, -0.1) is 0 Å². The van der Waals surface area contributed by atoms with Crippen molar-refractivity contribution < 1.29 is 10.2 Å². The number of hydrogen-bond donors (Lipinski definition) is 2. The summed E-state index contributed by atoms with van der Waals surface area (Å²) in [6.45, 7) is 0. The van der Waals surface area contributed by atoms with Crippen LogP contribution in [-0.4, -0.2) is 10.2 Å². The lowest BCUT2D eigenvalue weighted by Gasteiger charge is -1.98. The van der Waals surface area contributed by atoms with Gasteiger partial charge >= 0.3 is 0 Å². The largest absolute Gasteiger partial charge is 0.508 e. The van der Waals surface area contributed by atoms with Crippen LogP contribution in [0.2, 0.25) is 0 Å². The first kappa shape index (κ1) is 23.4. The van der Waals surface area contributed by atoms with Gasteiger partial charge in [-0.25, -0.2) is 0 Å². The molecule has 0 aromatic heterocycles. The summed E-state index contributed by atoms with van der Waals surface area (Å²) in [6, 6.07) is 46.7. The lowest BCUT2D eigenvalue weighted by molar-refractivity contribution is 0.475. The molecule has 0 unspecified atom stereocenters. The van der Waals surface area contributed by atoms with E-state index in [0.29, 0.717) is 11.5 Å². The molecule has 0 heterocycles. The van der Waals surface area contributed by atoms with Crippen LogP contribution < -0.4 is 0 Å². The van der Waals surface area contributed by atoms with Crippen molar-refractivity contribution in [3.8, 4) is 22.6 Å². The van der Waals surface area contributed by atoms with Gasteiger partial charge in [-0.05, 0) is 52.9 Å². The van der Waals surface area contributed by atoms with Crippen molar-refractivity contribution in [3.63, 3.8) is 0 Å². The molecule has 2 N–H and O–H groups in total. The van der Waals surface area contributed by atoms with Gasteiger partial charge in [0.05, 0.1) is 0 Å². The zero-order chi connectivity index (χ0) is 23.1. The van der Waals surface area contributed by atoms with Gasteiger partial charge in [-0.2, -0.15) is 0 Å². The van der Waals surface area contributed by atoms with Crippen LogP contribution in [0, 0.1) is 0 Å². The molecule has 164 valence electrons. The van der Waals surface area contributed by atoms with E-state index < -0.39 is 0 Å². The Morgan fingerprint density at radius 2 is 0.606 bits per heavy atom. The molecule has 0 aliphatic heterocycles. The molecule has 33 heavy (non-hydrogen) atoms. The van der Waals surface area contributed by atoms with Gasteiger partial charge in [0.2, 0.25) is 0 Å². The molecule has 2 nitrogen and oxygen atoms in total. The van der Waals surface area contributed by atoms with Crippen LogP contribution in [0.1, 0.15) is 11.1 Å². The van der Waals surface area contributed by atoms with E-state index in [0.717, 1.165) is 6.42 Å². The van der Waals surface area contributed by atoms with E-state index in [1.54, 1.807) is 48.5 Å². The van der Waals surface area contributed by atoms with E-state index in [9.17, 15) is 0 Å². The van der Waals surface area contributed by atoms with Gasteiger partial charge in [-0.3, -0.25) is 0 Å². The molecular weight excluding hydrogens is 404 g/mol. The second kappa shape index (κ2) is 13.2. The van der Waals surface area contributed by atoms with Gasteiger partial charge in [0.15, 0.2) is 0 Å². The van der Waals surface area contributed by atoms with E-state index in [4.69, 9.17) is 10.2 Å². The summed E-state index contributed by atoms with van der Waals surface area (Å²) in [5.74, 6) is 0.644. The second-order valence-electron chi connectivity index (χ2n) is 7.32. The number of benzene rings is 5. The maximum Gasteiger partial charge on any atom is 0.115 e. The van der Waals surface area contributed by atoms with E-state index in [1.807, 2.05) is 48.5 Å². The number of aromatic hydroxyl groups is 2. The summed E-state index contributed by atoms with van der Waals surface area (Å²) < 4.78 is 0. The maximum atomic E-state index is 8.63. The van der Waals surface area contributed by atoms with Crippen LogP contribution in [0.3, 0.4) is 0 Å². The highest BCUT2D eigenvalue weighted by Gasteiger charge is 2.15. The normalized spacial score (nSPS) is 9.94. The van der Waals surface area contributed by atoms with Gasteiger partial charge in [-0.1, -0.05) is 121 Å². The zero-order valence-electron chi connectivity index (χ0n) is 18.5. The number of para-hydroxylation sites is 2. The molecule has 6 rings (SSSR count). The van der Waals surface area contributed by atoms with Crippen molar-refractivity contribution in [3.05, 3.63) is 157 Å². The second-order valence-corrected chi connectivity index (χ2v) is 7.32. The first-order valence-corrected chi connectivity index (χ1v) is 10.9. The summed E-state index contributed by atoms with van der Waals surface area (Å²) in [5.41, 5.74) is 5.75. The third kappa shape index (κ3) is 8.04. The molecule has 0 fully saturated rings. The molecule has 0 saturated heterocycles. The van der Waals surface area contributed by atoms with Crippen molar-refractivity contribution in [2.75, 3.05) is 0 Å². The average Bonchev–Trinajstić information content (AvgIpc) is 3.26. The fourth-order valence-electron chi connectivity index (χ4n) is 3.32. The predicted octanol–water partition coefficient (Wildman–Crippen LogP) is 7.73. The fraction of sp³-hybridized carbons (Fsp3) is 0.0323. The molecule has 0 bridgehead atoms. The summed E-state index contributed by atoms with van der Waals surface area (Å²) in [7, 11) is 0. The average molecular weight is 433 g/mol. The summed E-state index contributed by atoms with van der Waals surface area (Å²) >= 11 is 0. The summed E-state index contributed by atoms with van der Waals surface area (Å²) in [4.78, 5) is 0. The minimum Gasteiger partial charge on any atom is -0.508 e. The maximum absolute atomic E-state index is 8.63. The molecule has 5 aromatic carbocycles. The Morgan fingerprint density at radius 3 is 0.909 bits per heavy atom. The lowest BCUT2D eigenvalue weighted by atomic mass is 10.1. The predicted molar refractivity (Wildman–Crippen MR) is 137 cm³/mol. The minimum absolute atomic E-state index is 0.322. The molecule has 0 amide bonds. The third-order valence-electron chi connectivity index (χ3n) is 4.88. The molecule has 1 aliphatic rings. The molecule has 5 aromatic rings. The highest BCUT2D eigenvalue weighted by Crippen LogP contribution is 2.35. The molecular formula is C31H28O2. The van der Waals surface area contributed by atoms with Crippen molar-refractivity contribution in [2.45, 2.75) is 6.42 Å². The van der Waals surface area contributed by atoms with E-state index in [1.165, 1.54) is 22.3 Å². The lowest BCUT2D eigenvalue weighted by Crippen LogP contribution is -1.77. The molecule has 2 heteroatoms. The van der Waals surface area contributed by atoms with E-state index in [2.05, 4.69) is 48.5 Å². The highest BCUT2D eigenvalue weighted by molar-refractivity contribution is 5.76. The van der Waals surface area contributed by atoms with Crippen molar-refractivity contribution in [1.82, 2.24) is 0 Å². The van der Waals surface area contributed by atoms with Crippen LogP contribution in [0.5, 0.6) is 11.5 Å². The van der Waals surface area contributed by atoms with Crippen LogP contribution in [0.4, 0.5) is 0 Å². The molecule has 0 radical (unpaired) electrons. The first-order chi connectivity index (χ1) is 16.2. The van der Waals surface area contributed by atoms with Crippen LogP contribution in [0.25, 0.3) is 11.1 Å². The van der Waals surface area contributed by atoms with Crippen LogP contribution in [0.15, 0.2) is 146 Å². The van der Waals surface area contributed by atoms with E-state index in [-0.39, 0.29) is 0 Å². The Kier molecular flexibility index (Phi) is 9.34. The Labute approximate surface area is 196 Å². The summed E-state index contributed by atoms with van der Waals surface area (Å²) in [6.07, 6.45) is 1.10. The van der Waals surface area contributed by atoms with Crippen LogP contribution in [-0.2, 0) is 6.42 Å². The number of fused-ring (bicyclic) bond motifs is 3. The fourth-order valence-corrected chi connectivity index (χ4v) is 3.32. The van der Waals surface area contributed by atoms with Crippen molar-refractivity contribution in [1.29, 1.82) is 0 Å². The van der Waals surface area contributed by atoms with Gasteiger partial charge in [0, 0.05) is 0 Å². The minimum atomic E-state index is 0.322. The Balaban J connectivity index is 0.000000132. The van der Waals surface area contributed by atoms with Gasteiger partial charge in [0.25, 0.3) is 0 Å². The Hall–Kier alpha value is -4.30. The number of phenols is 2. The zero-order valence-corrected chi connectivity index (χ0v) is 18.5. The van der Waals surface area contributed by atoms with Crippen molar-refractivity contribution >= 4 is 0 Å². The van der Waals surface area contributed by atoms with E-state index >= 15 is 0 Å². The third-order valence-corrected chi connectivity index (χ3v) is 4.88.